The van der Waals surface area contributed by atoms with Crippen LogP contribution in [0.3, 0.4) is 0 Å². The highest BCUT2D eigenvalue weighted by Crippen LogP contribution is 2.78. The highest BCUT2D eigenvalue weighted by atomic mass is 28.4. The summed E-state index contributed by atoms with van der Waals surface area (Å²) in [7, 11) is -4.21. The van der Waals surface area contributed by atoms with Gasteiger partial charge in [-0.3, -0.25) is 24.0 Å². The van der Waals surface area contributed by atoms with Crippen LogP contribution in [0, 0.1) is 16.2 Å². The Labute approximate surface area is 616 Å². The number of nitrogens with two attached hydrogens (primary N) is 2. The average molecular weight is 1470 g/mol. The molecule has 0 bridgehead atoms. The zero-order chi connectivity index (χ0) is 75.5. The summed E-state index contributed by atoms with van der Waals surface area (Å²) in [5.74, 6) is -0.463. The number of hydrogen-bond donors (Lipinski definition) is 8. The first-order valence-electron chi connectivity index (χ1n) is 37.6. The van der Waals surface area contributed by atoms with E-state index in [0.717, 1.165) is 25.7 Å². The van der Waals surface area contributed by atoms with Gasteiger partial charge in [-0.1, -0.05) is 139 Å². The van der Waals surface area contributed by atoms with E-state index in [1.165, 1.54) is 44.5 Å². The Hall–Kier alpha value is -5.78. The molecule has 0 radical (unpaired) electrons. The zero-order valence-electron chi connectivity index (χ0n) is 63.5. The quantitative estimate of drug-likeness (QED) is 0.0112. The molecule has 21 nitrogen and oxygen atoms in total. The van der Waals surface area contributed by atoms with Crippen molar-refractivity contribution >= 4 is 47.9 Å². The molecule has 6 saturated carbocycles. The molecule has 11 aliphatic rings. The third-order valence-corrected chi connectivity index (χ3v) is 34.7. The van der Waals surface area contributed by atoms with Crippen molar-refractivity contribution in [3.05, 3.63) is 119 Å². The summed E-state index contributed by atoms with van der Waals surface area (Å²) in [6.45, 7) is 32.2. The van der Waals surface area contributed by atoms with Gasteiger partial charge in [-0.25, -0.2) is 0 Å². The molecule has 3 heterocycles. The number of amides is 2. The molecule has 570 valence electrons. The van der Waals surface area contributed by atoms with Crippen molar-refractivity contribution in [2.75, 3.05) is 46.0 Å². The molecule has 104 heavy (non-hydrogen) atoms. The summed E-state index contributed by atoms with van der Waals surface area (Å²) in [4.78, 5) is 56.0. The van der Waals surface area contributed by atoms with Crippen LogP contribution in [0.2, 0.25) is 36.3 Å². The van der Waals surface area contributed by atoms with Crippen LogP contribution in [-0.4, -0.2) is 185 Å². The number of esters is 2. The van der Waals surface area contributed by atoms with E-state index < -0.39 is 67.2 Å². The molecule has 4 aromatic carbocycles. The smallest absolute Gasteiger partial charge is 0.306 e. The first-order chi connectivity index (χ1) is 48.9. The SMILES string of the molecule is C[C@H]1C[C@@]2(O)C[C@]3(CC(=O)OCC4c5ccccc5-c5ccccc54)C[C@]3(O)[C@H]2O1.C[C@H]1C[C@@]2(O)C[C@]3(CC(=O)OCC4c5ccccc5-c5ccccc54)C[C@]3(O[Si](C)(C)C(C)(C)C)[C@H]2O1.C[C@H]1C[C@@]2(O)C[C@]3(COC=O)C[C@]3(O[Si](C)(C)C(C)(C)C)[C@H]2O1.NCCCNC=O.NCCCNC=O. The highest BCUT2D eigenvalue weighted by Gasteiger charge is 2.87. The number of carbonyl (C=O) groups excluding carboxylic acids is 5. The fourth-order valence-corrected chi connectivity index (χ4v) is 22.3. The van der Waals surface area contributed by atoms with Gasteiger partial charge >= 0.3 is 11.9 Å². The van der Waals surface area contributed by atoms with Gasteiger partial charge in [0.15, 0.2) is 16.6 Å². The molecular formula is C81H116N4O17Si2. The van der Waals surface area contributed by atoms with E-state index in [1.54, 1.807) is 0 Å². The molecule has 8 aliphatic carbocycles. The van der Waals surface area contributed by atoms with Crippen molar-refractivity contribution in [1.82, 2.24) is 10.6 Å². The maximum absolute atomic E-state index is 13.4. The van der Waals surface area contributed by atoms with Crippen LogP contribution in [0.25, 0.3) is 22.3 Å². The molecule has 23 heteroatoms. The second-order valence-electron chi connectivity index (χ2n) is 35.2. The summed E-state index contributed by atoms with van der Waals surface area (Å²) in [6.07, 6.45) is 7.41. The third-order valence-electron chi connectivity index (χ3n) is 25.7. The normalized spacial score (nSPS) is 34.2. The molecule has 4 aromatic rings. The van der Waals surface area contributed by atoms with Crippen LogP contribution in [0.1, 0.15) is 180 Å². The Kier molecular flexibility index (Phi) is 22.3. The number of benzene rings is 4. The number of nitrogens with one attached hydrogen (secondary N) is 2. The van der Waals surface area contributed by atoms with E-state index >= 15 is 0 Å². The summed E-state index contributed by atoms with van der Waals surface area (Å²) in [6, 6.07) is 33.3. The second kappa shape index (κ2) is 29.3. The Morgan fingerprint density at radius 2 is 0.846 bits per heavy atom. The zero-order valence-corrected chi connectivity index (χ0v) is 65.5. The lowest BCUT2D eigenvalue weighted by atomic mass is 9.88. The molecular weight excluding hydrogens is 1360 g/mol. The summed E-state index contributed by atoms with van der Waals surface area (Å²) in [5.41, 5.74) is 13.5. The van der Waals surface area contributed by atoms with Gasteiger partial charge in [0.1, 0.15) is 37.1 Å². The van der Waals surface area contributed by atoms with Crippen LogP contribution in [0.4, 0.5) is 0 Å². The van der Waals surface area contributed by atoms with Crippen LogP contribution in [-0.2, 0) is 61.2 Å². The van der Waals surface area contributed by atoms with Crippen molar-refractivity contribution < 1.29 is 81.7 Å². The van der Waals surface area contributed by atoms with Crippen molar-refractivity contribution in [1.29, 1.82) is 0 Å². The largest absolute Gasteiger partial charge is 0.467 e. The predicted molar refractivity (Wildman–Crippen MR) is 400 cm³/mol. The van der Waals surface area contributed by atoms with Crippen molar-refractivity contribution in [3.63, 3.8) is 0 Å². The fourth-order valence-electron chi connectivity index (χ4n) is 19.1. The maximum atomic E-state index is 13.4. The minimum Gasteiger partial charge on any atom is -0.467 e. The first kappa shape index (κ1) is 79.3. The Morgan fingerprint density at radius 1 is 0.510 bits per heavy atom. The van der Waals surface area contributed by atoms with Gasteiger partial charge in [-0.05, 0) is 166 Å². The maximum Gasteiger partial charge on any atom is 0.306 e. The Bertz CT molecular complexity index is 3690. The number of hydrogen-bond acceptors (Lipinski definition) is 19. The monoisotopic (exact) mass is 1470 g/mol. The second-order valence-corrected chi connectivity index (χ2v) is 44.7. The highest BCUT2D eigenvalue weighted by molar-refractivity contribution is 6.74. The number of aliphatic hydroxyl groups is 4. The average Bonchev–Trinajstić information content (AvgIpc) is 1.49. The van der Waals surface area contributed by atoms with E-state index in [9.17, 15) is 44.4 Å². The lowest BCUT2D eigenvalue weighted by Gasteiger charge is -2.42. The van der Waals surface area contributed by atoms with Crippen LogP contribution < -0.4 is 22.1 Å². The number of carbonyl (C=O) groups is 5. The van der Waals surface area contributed by atoms with Gasteiger partial charge in [-0.15, -0.1) is 0 Å². The topological polar surface area (TPSA) is 316 Å². The predicted octanol–water partition coefficient (Wildman–Crippen LogP) is 10.1. The molecule has 15 rings (SSSR count). The molecule has 2 amide bonds. The van der Waals surface area contributed by atoms with Gasteiger partial charge in [0.05, 0.1) is 65.8 Å². The molecule has 9 fully saturated rings. The number of rotatable bonds is 23. The van der Waals surface area contributed by atoms with E-state index in [1.807, 2.05) is 57.2 Å². The lowest BCUT2D eigenvalue weighted by Crippen LogP contribution is -2.52. The standard InChI is InChI=1S/C31H40O5Si.C25H26O5.C17H30O5Si.2C4H10N2O/c1-20-15-30(33)18-29(19-31(29,27(30)35-20)36-37(5,6)28(2,3)4)16-26(32)34-17-25-23-13-9-7-11-21(23)22-12-8-10-14-24(22)25;1-15-10-24(27)13-23(14-25(23,28)22(24)30-15)11-21(26)29-12-20-18-8-4-2-6-16(18)17-7-3-5-9-19(17)20;1-12-7-16(19)8-15(10-20-11-18)9-17(15,13(16)21-12)22-23(5,6)14(2,3)4;2*5-2-1-3-6-4-7/h7-14,20,25,27,33H,15-19H2,1-6H3;2-9,15,20,22,27-28H,10-14H2,1H3;11-13,19H,7-10H2,1-6H3;2*4H,1-3,5H2,(H,6,7)/t20-,27-,29+,30+,31-;15-,22-,23+,24+,25-;12-,13-,15+,16+,17-;;/m000../s1. The fraction of sp³-hybridized carbons (Fsp3) is 0.642. The van der Waals surface area contributed by atoms with Gasteiger partial charge in [-0.2, -0.15) is 0 Å². The van der Waals surface area contributed by atoms with E-state index in [0.29, 0.717) is 104 Å². The third kappa shape index (κ3) is 14.5. The lowest BCUT2D eigenvalue weighted by molar-refractivity contribution is -0.147. The van der Waals surface area contributed by atoms with Gasteiger partial charge < -0.3 is 79.8 Å². The minimum atomic E-state index is -2.18. The summed E-state index contributed by atoms with van der Waals surface area (Å²) >= 11 is 0. The number of ether oxygens (including phenoxy) is 6. The summed E-state index contributed by atoms with van der Waals surface area (Å²) in [5, 5.41) is 49.8. The number of fused-ring (bicyclic) bond motifs is 15. The van der Waals surface area contributed by atoms with Crippen LogP contribution >= 0.6 is 0 Å². The Balaban J connectivity index is 0.000000146. The Morgan fingerprint density at radius 3 is 1.21 bits per heavy atom. The molecule has 3 saturated heterocycles. The molecule has 10 N–H and O–H groups in total. The molecule has 15 atom stereocenters. The molecule has 0 aromatic heterocycles. The van der Waals surface area contributed by atoms with Gasteiger partial charge in [0.25, 0.3) is 6.47 Å². The van der Waals surface area contributed by atoms with Crippen molar-refractivity contribution in [3.8, 4) is 22.3 Å². The van der Waals surface area contributed by atoms with E-state index in [2.05, 4.69) is 139 Å². The van der Waals surface area contributed by atoms with Crippen LogP contribution in [0.15, 0.2) is 97.1 Å². The van der Waals surface area contributed by atoms with Gasteiger partial charge in [0, 0.05) is 60.4 Å². The first-order valence-corrected chi connectivity index (χ1v) is 43.5. The van der Waals surface area contributed by atoms with Gasteiger partial charge in [0.2, 0.25) is 12.8 Å². The minimum absolute atomic E-state index is 0.0112. The summed E-state index contributed by atoms with van der Waals surface area (Å²) < 4.78 is 49.0. The van der Waals surface area contributed by atoms with E-state index in [-0.39, 0.29) is 89.2 Å². The molecule has 0 spiro atoms. The molecule has 3 aliphatic heterocycles. The van der Waals surface area contributed by atoms with E-state index in [4.69, 9.17) is 48.7 Å². The molecule has 0 unspecified atom stereocenters. The van der Waals surface area contributed by atoms with Crippen molar-refractivity contribution in [2.45, 2.75) is 264 Å². The van der Waals surface area contributed by atoms with Crippen LogP contribution in [0.5, 0.6) is 0 Å². The van der Waals surface area contributed by atoms with Crippen molar-refractivity contribution in [2.24, 2.45) is 27.7 Å².